The Hall–Kier alpha value is -1.41. The van der Waals surface area contributed by atoms with Crippen molar-refractivity contribution in [2.75, 3.05) is 4.57 Å². The molecule has 0 N–H and O–H groups in total. The minimum absolute atomic E-state index is 0.0129. The highest BCUT2D eigenvalue weighted by atomic mass is 28.4. The van der Waals surface area contributed by atoms with E-state index in [1.807, 2.05) is 17.6 Å². The van der Waals surface area contributed by atoms with Gasteiger partial charge in [0.15, 0.2) is 13.9 Å². The van der Waals surface area contributed by atoms with Crippen LogP contribution in [0.2, 0.25) is 39.3 Å². The van der Waals surface area contributed by atoms with Crippen LogP contribution >= 0.6 is 0 Å². The number of benzene rings is 1. The van der Waals surface area contributed by atoms with Gasteiger partial charge in [0.1, 0.15) is 0 Å². The Morgan fingerprint density at radius 3 is 2.14 bits per heavy atom. The van der Waals surface area contributed by atoms with Gasteiger partial charge in [0.25, 0.3) is 14.2 Å². The third-order valence-electron chi connectivity index (χ3n) is 3.41. The normalized spacial score (nSPS) is 17.2. The molecule has 1 aromatic carbocycles. The van der Waals surface area contributed by atoms with E-state index in [-0.39, 0.29) is 5.91 Å². The van der Waals surface area contributed by atoms with Crippen molar-refractivity contribution in [2.24, 2.45) is 5.16 Å². The molecule has 0 saturated carbocycles. The number of anilines is 1. The molecular weight excluding hydrogens is 308 g/mol. The minimum Gasteiger partial charge on any atom is -0.455 e. The largest absolute Gasteiger partial charge is 0.455 e. The van der Waals surface area contributed by atoms with Gasteiger partial charge in [-0.25, -0.2) is 0 Å². The van der Waals surface area contributed by atoms with Gasteiger partial charge in [-0.05, 0) is 45.1 Å². The first kappa shape index (κ1) is 17.0. The number of nitrogens with zero attached hydrogens (tertiary/aromatic N) is 2. The van der Waals surface area contributed by atoms with Crippen molar-refractivity contribution in [3.63, 3.8) is 0 Å². The maximum absolute atomic E-state index is 13.0. The maximum atomic E-state index is 13.0. The number of carbonyl (C=O) groups excluding carboxylic acids is 1. The van der Waals surface area contributed by atoms with Gasteiger partial charge in [-0.3, -0.25) is 4.79 Å². The summed E-state index contributed by atoms with van der Waals surface area (Å²) >= 11 is 0. The summed E-state index contributed by atoms with van der Waals surface area (Å²) in [4.78, 5) is 13.0. The first-order valence-electron chi connectivity index (χ1n) is 7.64. The van der Waals surface area contributed by atoms with Crippen LogP contribution < -0.4 is 4.57 Å². The van der Waals surface area contributed by atoms with Gasteiger partial charge in [-0.1, -0.05) is 36.4 Å². The molecule has 0 aromatic heterocycles. The Labute approximate surface area is 135 Å². The zero-order valence-electron chi connectivity index (χ0n) is 14.9. The zero-order valence-corrected chi connectivity index (χ0v) is 16.9. The van der Waals surface area contributed by atoms with Crippen LogP contribution in [0.3, 0.4) is 0 Å². The molecule has 6 heteroatoms. The van der Waals surface area contributed by atoms with Gasteiger partial charge in [-0.15, -0.1) is 0 Å². The monoisotopic (exact) mass is 334 g/mol. The Morgan fingerprint density at radius 1 is 1.05 bits per heavy atom. The van der Waals surface area contributed by atoms with Gasteiger partial charge in [0.2, 0.25) is 0 Å². The summed E-state index contributed by atoms with van der Waals surface area (Å²) in [5.74, 6) is -0.0129. The van der Waals surface area contributed by atoms with Crippen LogP contribution in [0.5, 0.6) is 0 Å². The molecule has 0 spiro atoms. The van der Waals surface area contributed by atoms with Gasteiger partial charge in [0, 0.05) is 11.3 Å². The summed E-state index contributed by atoms with van der Waals surface area (Å²) in [7, 11) is -3.66. The molecule has 22 heavy (non-hydrogen) atoms. The Bertz CT molecular complexity index is 655. The highest BCUT2D eigenvalue weighted by molar-refractivity contribution is 6.87. The fourth-order valence-corrected chi connectivity index (χ4v) is 4.72. The second-order valence-corrected chi connectivity index (χ2v) is 17.1. The number of hydrogen-bond donors (Lipinski definition) is 0. The van der Waals surface area contributed by atoms with Crippen LogP contribution in [0, 0.1) is 13.8 Å². The molecule has 0 saturated heterocycles. The highest BCUT2D eigenvalue weighted by Crippen LogP contribution is 2.37. The number of amides is 1. The standard InChI is InChI=1S/C16H26N2O2Si2/c1-11-9-12(2)15-13(10-11)14(17-20-22(6,7)8)16(19)18(15)21(3,4)5/h9-10H,1-8H3/b17-14+. The summed E-state index contributed by atoms with van der Waals surface area (Å²) in [6.07, 6.45) is 0. The molecule has 0 bridgehead atoms. The molecular formula is C16H26N2O2Si2. The summed E-state index contributed by atoms with van der Waals surface area (Å²) in [5.41, 5.74) is 4.67. The molecule has 1 aliphatic heterocycles. The molecule has 0 unspecified atom stereocenters. The van der Waals surface area contributed by atoms with E-state index in [4.69, 9.17) is 4.53 Å². The summed E-state index contributed by atoms with van der Waals surface area (Å²) in [6.45, 7) is 16.8. The summed E-state index contributed by atoms with van der Waals surface area (Å²) in [6, 6.07) is 4.17. The highest BCUT2D eigenvalue weighted by Gasteiger charge is 2.42. The molecule has 0 aliphatic carbocycles. The van der Waals surface area contributed by atoms with Crippen molar-refractivity contribution in [1.29, 1.82) is 0 Å². The van der Waals surface area contributed by atoms with Crippen molar-refractivity contribution in [3.8, 4) is 0 Å². The van der Waals surface area contributed by atoms with Crippen molar-refractivity contribution in [3.05, 3.63) is 28.8 Å². The van der Waals surface area contributed by atoms with Gasteiger partial charge in [0.05, 0.1) is 0 Å². The van der Waals surface area contributed by atoms with Crippen LogP contribution in [-0.2, 0) is 9.32 Å². The molecule has 1 aliphatic rings. The SMILES string of the molecule is Cc1cc(C)c2c(c1)/C(=N\O[Si](C)(C)C)C(=O)N2[Si](C)(C)C. The maximum Gasteiger partial charge on any atom is 0.278 e. The molecule has 0 fully saturated rings. The fourth-order valence-electron chi connectivity index (χ4n) is 2.67. The quantitative estimate of drug-likeness (QED) is 0.618. The smallest absolute Gasteiger partial charge is 0.278 e. The number of fused-ring (bicyclic) bond motifs is 1. The topological polar surface area (TPSA) is 41.9 Å². The van der Waals surface area contributed by atoms with Crippen LogP contribution in [-0.4, -0.2) is 28.2 Å². The average Bonchev–Trinajstić information content (AvgIpc) is 2.57. The number of aryl methyl sites for hydroxylation is 2. The molecule has 1 amide bonds. The average molecular weight is 335 g/mol. The predicted molar refractivity (Wildman–Crippen MR) is 97.7 cm³/mol. The lowest BCUT2D eigenvalue weighted by molar-refractivity contribution is -0.111. The molecule has 0 radical (unpaired) electrons. The summed E-state index contributed by atoms with van der Waals surface area (Å²) in [5, 5.41) is 4.27. The second-order valence-electron chi connectivity index (χ2n) is 7.93. The number of oxime groups is 1. The molecule has 1 heterocycles. The van der Waals surface area contributed by atoms with Crippen molar-refractivity contribution >= 4 is 33.9 Å². The lowest BCUT2D eigenvalue weighted by Crippen LogP contribution is -2.49. The third-order valence-corrected chi connectivity index (χ3v) is 5.82. The molecule has 2 rings (SSSR count). The van der Waals surface area contributed by atoms with E-state index in [9.17, 15) is 4.79 Å². The van der Waals surface area contributed by atoms with E-state index in [2.05, 4.69) is 57.4 Å². The lowest BCUT2D eigenvalue weighted by Gasteiger charge is -2.31. The summed E-state index contributed by atoms with van der Waals surface area (Å²) < 4.78 is 7.65. The van der Waals surface area contributed by atoms with E-state index in [1.165, 1.54) is 0 Å². The van der Waals surface area contributed by atoms with Gasteiger partial charge < -0.3 is 9.09 Å². The van der Waals surface area contributed by atoms with Crippen LogP contribution in [0.1, 0.15) is 16.7 Å². The van der Waals surface area contributed by atoms with E-state index in [0.29, 0.717) is 5.71 Å². The van der Waals surface area contributed by atoms with Crippen molar-refractivity contribution < 1.29 is 9.32 Å². The Balaban J connectivity index is 2.64. The number of carbonyl (C=O) groups is 1. The molecule has 4 nitrogen and oxygen atoms in total. The first-order valence-corrected chi connectivity index (χ1v) is 14.5. The van der Waals surface area contributed by atoms with Gasteiger partial charge in [-0.2, -0.15) is 0 Å². The van der Waals surface area contributed by atoms with Crippen molar-refractivity contribution in [2.45, 2.75) is 53.1 Å². The van der Waals surface area contributed by atoms with Crippen molar-refractivity contribution in [1.82, 2.24) is 0 Å². The Morgan fingerprint density at radius 2 is 1.64 bits per heavy atom. The van der Waals surface area contributed by atoms with E-state index >= 15 is 0 Å². The second kappa shape index (κ2) is 5.35. The van der Waals surface area contributed by atoms with E-state index in [0.717, 1.165) is 22.4 Å². The Kier molecular flexibility index (Phi) is 4.12. The molecule has 1 aromatic rings. The fraction of sp³-hybridized carbons (Fsp3) is 0.500. The minimum atomic E-state index is -1.85. The number of hydrogen-bond acceptors (Lipinski definition) is 3. The van der Waals surface area contributed by atoms with Crippen LogP contribution in [0.15, 0.2) is 17.3 Å². The van der Waals surface area contributed by atoms with Crippen LogP contribution in [0.4, 0.5) is 5.69 Å². The van der Waals surface area contributed by atoms with E-state index in [1.54, 1.807) is 0 Å². The van der Waals surface area contributed by atoms with Crippen LogP contribution in [0.25, 0.3) is 0 Å². The zero-order chi connectivity index (χ0) is 16.9. The van der Waals surface area contributed by atoms with Gasteiger partial charge >= 0.3 is 0 Å². The first-order chi connectivity index (χ1) is 9.92. The third kappa shape index (κ3) is 3.17. The predicted octanol–water partition coefficient (Wildman–Crippen LogP) is 4.04. The molecule has 0 atom stereocenters. The lowest BCUT2D eigenvalue weighted by atomic mass is 10.0. The molecule has 120 valence electrons. The number of rotatable bonds is 3. The van der Waals surface area contributed by atoms with E-state index < -0.39 is 16.6 Å².